The van der Waals surface area contributed by atoms with Gasteiger partial charge in [0.2, 0.25) is 5.91 Å². The molecule has 1 aromatic heterocycles. The van der Waals surface area contributed by atoms with Gasteiger partial charge in [-0.3, -0.25) is 9.59 Å². The van der Waals surface area contributed by atoms with Crippen LogP contribution < -0.4 is 10.6 Å². The Balaban J connectivity index is 2.02. The van der Waals surface area contributed by atoms with Crippen LogP contribution in [0.25, 0.3) is 0 Å². The van der Waals surface area contributed by atoms with E-state index in [1.54, 1.807) is 12.1 Å². The van der Waals surface area contributed by atoms with E-state index in [9.17, 15) is 9.59 Å². The molecule has 1 saturated carbocycles. The molecule has 102 valence electrons. The maximum atomic E-state index is 12.1. The van der Waals surface area contributed by atoms with Crippen LogP contribution in [0.15, 0.2) is 18.3 Å². The Kier molecular flexibility index (Phi) is 3.55. The third kappa shape index (κ3) is 3.10. The minimum atomic E-state index is -0.157. The van der Waals surface area contributed by atoms with E-state index in [-0.39, 0.29) is 17.4 Å². The molecule has 0 saturated heterocycles. The topological polar surface area (TPSA) is 71.1 Å². The molecule has 0 unspecified atom stereocenters. The molecule has 0 aromatic carbocycles. The van der Waals surface area contributed by atoms with Crippen molar-refractivity contribution in [2.24, 2.45) is 5.92 Å². The van der Waals surface area contributed by atoms with Gasteiger partial charge in [-0.05, 0) is 30.9 Å². The highest BCUT2D eigenvalue weighted by molar-refractivity contribution is 5.94. The van der Waals surface area contributed by atoms with Crippen LogP contribution in [-0.2, 0) is 4.79 Å². The van der Waals surface area contributed by atoms with Crippen LogP contribution in [0.5, 0.6) is 0 Å². The number of pyridine rings is 1. The number of carbonyl (C=O) groups is 2. The molecule has 19 heavy (non-hydrogen) atoms. The first-order valence-electron chi connectivity index (χ1n) is 6.49. The third-order valence-electron chi connectivity index (χ3n) is 3.57. The average molecular weight is 261 g/mol. The van der Waals surface area contributed by atoms with Crippen LogP contribution in [-0.4, -0.2) is 22.3 Å². The first kappa shape index (κ1) is 13.5. The van der Waals surface area contributed by atoms with Gasteiger partial charge in [-0.15, -0.1) is 0 Å². The predicted octanol–water partition coefficient (Wildman–Crippen LogP) is 1.96. The van der Waals surface area contributed by atoms with Gasteiger partial charge in [-0.2, -0.15) is 0 Å². The van der Waals surface area contributed by atoms with Gasteiger partial charge in [0.1, 0.15) is 5.69 Å². The maximum Gasteiger partial charge on any atom is 0.270 e. The second-order valence-corrected chi connectivity index (χ2v) is 5.38. The van der Waals surface area contributed by atoms with Gasteiger partial charge in [-0.25, -0.2) is 4.98 Å². The van der Waals surface area contributed by atoms with Crippen LogP contribution in [0, 0.1) is 5.92 Å². The zero-order chi connectivity index (χ0) is 14.0. The fourth-order valence-electron chi connectivity index (χ4n) is 2.08. The van der Waals surface area contributed by atoms with Crippen LogP contribution in [0.4, 0.5) is 5.69 Å². The van der Waals surface area contributed by atoms with Crippen LogP contribution in [0.3, 0.4) is 0 Å². The molecule has 0 spiro atoms. The molecular weight excluding hydrogens is 242 g/mol. The Hall–Kier alpha value is -1.91. The van der Waals surface area contributed by atoms with Crippen molar-refractivity contribution in [1.29, 1.82) is 0 Å². The van der Waals surface area contributed by atoms with Gasteiger partial charge < -0.3 is 10.6 Å². The highest BCUT2D eigenvalue weighted by Crippen LogP contribution is 2.42. The van der Waals surface area contributed by atoms with Gasteiger partial charge in [0.25, 0.3) is 5.91 Å². The number of hydrogen-bond acceptors (Lipinski definition) is 3. The summed E-state index contributed by atoms with van der Waals surface area (Å²) in [5.41, 5.74) is 0.921. The molecule has 1 aliphatic carbocycles. The van der Waals surface area contributed by atoms with Crippen molar-refractivity contribution in [2.75, 3.05) is 5.32 Å². The van der Waals surface area contributed by atoms with E-state index in [4.69, 9.17) is 0 Å². The molecule has 2 N–H and O–H groups in total. The fraction of sp³-hybridized carbons (Fsp3) is 0.500. The van der Waals surface area contributed by atoms with Crippen molar-refractivity contribution in [1.82, 2.24) is 10.3 Å². The van der Waals surface area contributed by atoms with Gasteiger partial charge >= 0.3 is 0 Å². The number of aromatic nitrogens is 1. The highest BCUT2D eigenvalue weighted by Gasteiger charge is 2.46. The molecule has 0 bridgehead atoms. The van der Waals surface area contributed by atoms with Gasteiger partial charge in [-0.1, -0.05) is 13.8 Å². The second-order valence-electron chi connectivity index (χ2n) is 5.38. The van der Waals surface area contributed by atoms with E-state index in [0.717, 1.165) is 12.8 Å². The first-order chi connectivity index (χ1) is 8.93. The summed E-state index contributed by atoms with van der Waals surface area (Å²) in [6.07, 6.45) is 3.55. The summed E-state index contributed by atoms with van der Waals surface area (Å²) in [5.74, 6) is 0.117. The summed E-state index contributed by atoms with van der Waals surface area (Å²) in [4.78, 5) is 27.0. The number of nitrogens with zero attached hydrogens (tertiary/aromatic N) is 1. The molecular formula is C14H19N3O2. The molecule has 0 aliphatic heterocycles. The Bertz CT molecular complexity index is 490. The number of nitrogens with one attached hydrogen (secondary N) is 2. The Labute approximate surface area is 112 Å². The van der Waals surface area contributed by atoms with E-state index in [0.29, 0.717) is 17.3 Å². The van der Waals surface area contributed by atoms with Crippen molar-refractivity contribution in [3.63, 3.8) is 0 Å². The first-order valence-corrected chi connectivity index (χ1v) is 6.49. The summed E-state index contributed by atoms with van der Waals surface area (Å²) in [5, 5.41) is 5.67. The summed E-state index contributed by atoms with van der Waals surface area (Å²) >= 11 is 0. The molecule has 1 heterocycles. The van der Waals surface area contributed by atoms with Crippen molar-refractivity contribution in [2.45, 2.75) is 39.2 Å². The molecule has 1 aromatic rings. The minimum Gasteiger partial charge on any atom is -0.345 e. The SMILES string of the molecule is CC(=O)Nc1ccc(C(=O)NC2(C(C)C)CC2)nc1. The van der Waals surface area contributed by atoms with Crippen molar-refractivity contribution in [3.05, 3.63) is 24.0 Å². The van der Waals surface area contributed by atoms with Gasteiger partial charge in [0.15, 0.2) is 0 Å². The quantitative estimate of drug-likeness (QED) is 0.870. The number of rotatable bonds is 4. The van der Waals surface area contributed by atoms with Crippen LogP contribution in [0.2, 0.25) is 0 Å². The van der Waals surface area contributed by atoms with Gasteiger partial charge in [0, 0.05) is 12.5 Å². The largest absolute Gasteiger partial charge is 0.345 e. The summed E-state index contributed by atoms with van der Waals surface area (Å²) < 4.78 is 0. The average Bonchev–Trinajstić information content (AvgIpc) is 3.10. The lowest BCUT2D eigenvalue weighted by Gasteiger charge is -2.21. The Morgan fingerprint density at radius 1 is 1.32 bits per heavy atom. The smallest absolute Gasteiger partial charge is 0.270 e. The lowest BCUT2D eigenvalue weighted by Crippen LogP contribution is -2.41. The van der Waals surface area contributed by atoms with E-state index >= 15 is 0 Å². The van der Waals surface area contributed by atoms with Crippen molar-refractivity contribution < 1.29 is 9.59 Å². The maximum absolute atomic E-state index is 12.1. The predicted molar refractivity (Wildman–Crippen MR) is 72.8 cm³/mol. The summed E-state index contributed by atoms with van der Waals surface area (Å²) in [6, 6.07) is 3.30. The molecule has 2 rings (SSSR count). The zero-order valence-electron chi connectivity index (χ0n) is 11.5. The molecule has 0 atom stereocenters. The lowest BCUT2D eigenvalue weighted by molar-refractivity contribution is -0.114. The highest BCUT2D eigenvalue weighted by atomic mass is 16.2. The number of amides is 2. The summed E-state index contributed by atoms with van der Waals surface area (Å²) in [6.45, 7) is 5.65. The second kappa shape index (κ2) is 4.99. The third-order valence-corrected chi connectivity index (χ3v) is 3.57. The molecule has 0 radical (unpaired) electrons. The summed E-state index contributed by atoms with van der Waals surface area (Å²) in [7, 11) is 0. The lowest BCUT2D eigenvalue weighted by atomic mass is 10.0. The zero-order valence-corrected chi connectivity index (χ0v) is 11.5. The molecule has 1 fully saturated rings. The normalized spacial score (nSPS) is 16.0. The minimum absolute atomic E-state index is 0.0466. The number of hydrogen-bond donors (Lipinski definition) is 2. The van der Waals surface area contributed by atoms with Crippen LogP contribution in [0.1, 0.15) is 44.1 Å². The molecule has 2 amide bonds. The Morgan fingerprint density at radius 3 is 2.42 bits per heavy atom. The van der Waals surface area contributed by atoms with E-state index in [1.165, 1.54) is 13.1 Å². The standard InChI is InChI=1S/C14H19N3O2/c1-9(2)14(6-7-14)17-13(19)12-5-4-11(8-15-12)16-10(3)18/h4-5,8-9H,6-7H2,1-3H3,(H,16,18)(H,17,19). The monoisotopic (exact) mass is 261 g/mol. The van der Waals surface area contributed by atoms with Crippen LogP contribution >= 0.6 is 0 Å². The van der Waals surface area contributed by atoms with E-state index < -0.39 is 0 Å². The van der Waals surface area contributed by atoms with Gasteiger partial charge in [0.05, 0.1) is 11.9 Å². The number of anilines is 1. The van der Waals surface area contributed by atoms with E-state index in [2.05, 4.69) is 29.5 Å². The molecule has 5 nitrogen and oxygen atoms in total. The fourth-order valence-corrected chi connectivity index (χ4v) is 2.08. The van der Waals surface area contributed by atoms with Crippen molar-refractivity contribution >= 4 is 17.5 Å². The van der Waals surface area contributed by atoms with Crippen molar-refractivity contribution in [3.8, 4) is 0 Å². The Morgan fingerprint density at radius 2 is 2.00 bits per heavy atom. The molecule has 1 aliphatic rings. The number of carbonyl (C=O) groups excluding carboxylic acids is 2. The van der Waals surface area contributed by atoms with E-state index in [1.807, 2.05) is 0 Å². The molecule has 5 heteroatoms.